The zero-order valence-corrected chi connectivity index (χ0v) is 25.4. The maximum absolute atomic E-state index is 13.0. The molecule has 0 bridgehead atoms. The summed E-state index contributed by atoms with van der Waals surface area (Å²) in [5.74, 6) is 0.334. The number of rotatable bonds is 11. The summed E-state index contributed by atoms with van der Waals surface area (Å²) in [4.78, 5) is 39.4. The third-order valence-electron chi connectivity index (χ3n) is 7.47. The molecule has 9 heteroatoms. The van der Waals surface area contributed by atoms with Crippen LogP contribution >= 0.6 is 0 Å². The van der Waals surface area contributed by atoms with Gasteiger partial charge in [0.15, 0.2) is 0 Å². The first-order chi connectivity index (χ1) is 20.4. The predicted molar refractivity (Wildman–Crippen MR) is 164 cm³/mol. The van der Waals surface area contributed by atoms with Crippen LogP contribution in [-0.4, -0.2) is 58.8 Å². The van der Waals surface area contributed by atoms with E-state index in [-0.39, 0.29) is 20.4 Å². The van der Waals surface area contributed by atoms with Crippen LogP contribution in [0, 0.1) is 0 Å². The molecule has 2 heterocycles. The summed E-state index contributed by atoms with van der Waals surface area (Å²) in [6, 6.07) is 26.1. The molecular weight excluding hydrogens is 593 g/mol. The van der Waals surface area contributed by atoms with Crippen molar-refractivity contribution in [3.8, 4) is 17.2 Å². The molecule has 5 rings (SSSR count). The number of carbonyl (C=O) groups is 3. The van der Waals surface area contributed by atoms with Crippen molar-refractivity contribution in [3.05, 3.63) is 108 Å². The number of hydrogen-bond donors (Lipinski definition) is 2. The summed E-state index contributed by atoms with van der Waals surface area (Å²) < 4.78 is 8.40. The monoisotopic (exact) mass is 627 g/mol. The first-order valence-corrected chi connectivity index (χ1v) is 17.3. The summed E-state index contributed by atoms with van der Waals surface area (Å²) in [6.45, 7) is 3.77. The number of likely N-dealkylation sites (tertiary alicyclic amines) is 1. The Labute approximate surface area is 250 Å². The third kappa shape index (κ3) is 7.58. The van der Waals surface area contributed by atoms with Crippen LogP contribution < -0.4 is 10.1 Å². The third-order valence-corrected chi connectivity index (χ3v) is 13.4. The number of carboxylic acids is 1. The van der Waals surface area contributed by atoms with E-state index in [2.05, 4.69) is 10.2 Å². The van der Waals surface area contributed by atoms with E-state index in [1.54, 1.807) is 31.2 Å². The van der Waals surface area contributed by atoms with Gasteiger partial charge in [0.2, 0.25) is 0 Å². The van der Waals surface area contributed by atoms with E-state index < -0.39 is 20.6 Å². The molecule has 42 heavy (non-hydrogen) atoms. The average molecular weight is 628 g/mol. The number of aromatic carboxylic acids is 1. The Balaban J connectivity index is 1.11. The molecule has 4 aromatic rings. The number of piperidine rings is 1. The van der Waals surface area contributed by atoms with E-state index in [9.17, 15) is 19.5 Å². The van der Waals surface area contributed by atoms with E-state index in [1.165, 1.54) is 0 Å². The molecule has 1 fully saturated rings. The molecular formula is C33H34AsN3O5. The topological polar surface area (TPSA) is 101 Å². The van der Waals surface area contributed by atoms with Crippen LogP contribution in [-0.2, 0) is 16.1 Å². The number of carboxylic acid groups (broad SMARTS) is 1. The van der Waals surface area contributed by atoms with Crippen molar-refractivity contribution in [3.63, 3.8) is 0 Å². The molecule has 1 atom stereocenters. The number of nitrogens with zero attached hydrogens (tertiary/aromatic N) is 2. The van der Waals surface area contributed by atoms with Crippen LogP contribution in [0.5, 0.6) is 11.5 Å². The number of aromatic nitrogens is 1. The first-order valence-electron chi connectivity index (χ1n) is 14.0. The Hall–Kier alpha value is -4.13. The van der Waals surface area contributed by atoms with E-state index in [4.69, 9.17) is 4.74 Å². The van der Waals surface area contributed by atoms with Crippen LogP contribution in [0.1, 0.15) is 35.7 Å². The molecule has 1 aliphatic rings. The van der Waals surface area contributed by atoms with E-state index in [0.717, 1.165) is 42.9 Å². The van der Waals surface area contributed by atoms with Crippen molar-refractivity contribution < 1.29 is 24.2 Å². The number of amides is 1. The fraction of sp³-hybridized carbons (Fsp3) is 0.242. The van der Waals surface area contributed by atoms with Gasteiger partial charge in [-0.3, -0.25) is 0 Å². The zero-order valence-electron chi connectivity index (χ0n) is 23.5. The molecule has 1 unspecified atom stereocenters. The molecule has 3 aromatic carbocycles. The van der Waals surface area contributed by atoms with Crippen molar-refractivity contribution >= 4 is 36.8 Å². The van der Waals surface area contributed by atoms with Gasteiger partial charge in [0.05, 0.1) is 0 Å². The van der Waals surface area contributed by atoms with Crippen LogP contribution in [0.25, 0.3) is 5.69 Å². The molecule has 1 aliphatic heterocycles. The van der Waals surface area contributed by atoms with Gasteiger partial charge in [-0.15, -0.1) is 0 Å². The summed E-state index contributed by atoms with van der Waals surface area (Å²) in [5, 5.41) is 12.7. The van der Waals surface area contributed by atoms with Gasteiger partial charge in [-0.05, 0) is 12.1 Å². The average Bonchev–Trinajstić information content (AvgIpc) is 3.53. The van der Waals surface area contributed by atoms with Crippen molar-refractivity contribution in [2.75, 3.05) is 18.4 Å². The molecule has 0 saturated carbocycles. The van der Waals surface area contributed by atoms with Gasteiger partial charge < -0.3 is 4.57 Å². The minimum atomic E-state index is -2.09. The Kier molecular flexibility index (Phi) is 9.57. The van der Waals surface area contributed by atoms with Crippen molar-refractivity contribution in [2.24, 2.45) is 0 Å². The maximum atomic E-state index is 13.0. The number of anilines is 1. The van der Waals surface area contributed by atoms with Crippen LogP contribution in [0.4, 0.5) is 5.69 Å². The number of carbonyl (C=O) groups excluding carboxylic acids is 2. The number of benzene rings is 3. The second kappa shape index (κ2) is 13.7. The Bertz CT molecular complexity index is 1510. The molecule has 8 nitrogen and oxygen atoms in total. The molecule has 1 saturated heterocycles. The minimum absolute atomic E-state index is 0.128. The van der Waals surface area contributed by atoms with Crippen molar-refractivity contribution in [1.82, 2.24) is 9.47 Å². The molecule has 0 radical (unpaired) electrons. The van der Waals surface area contributed by atoms with Gasteiger partial charge in [0.25, 0.3) is 0 Å². The fourth-order valence-corrected chi connectivity index (χ4v) is 9.98. The Morgan fingerprint density at radius 2 is 1.50 bits per heavy atom. The van der Waals surface area contributed by atoms with E-state index in [1.807, 2.05) is 77.6 Å². The Morgan fingerprint density at radius 3 is 2.12 bits per heavy atom. The van der Waals surface area contributed by atoms with Crippen molar-refractivity contribution in [2.45, 2.75) is 36.2 Å². The molecule has 0 spiro atoms. The number of ether oxygens (including phenoxy) is 1. The summed E-state index contributed by atoms with van der Waals surface area (Å²) in [6.07, 6.45) is 5.67. The fourth-order valence-electron chi connectivity index (χ4n) is 5.28. The number of nitrogens with one attached hydrogen (secondary N) is 1. The van der Waals surface area contributed by atoms with Gasteiger partial charge >= 0.3 is 222 Å². The van der Waals surface area contributed by atoms with Crippen LogP contribution in [0.2, 0.25) is 9.91 Å². The molecule has 2 N–H and O–H groups in total. The van der Waals surface area contributed by atoms with E-state index in [0.29, 0.717) is 23.5 Å². The summed E-state index contributed by atoms with van der Waals surface area (Å²) >= 11 is -2.09. The SMILES string of the molecule is CC(=O)[As](CC(=O)Nc1ccc(Oc2ccc(-n3cccc3)cc2)cc1)C1CCN(Cc2ccccc2C(=O)O)CC1. The molecule has 0 aliphatic carbocycles. The summed E-state index contributed by atoms with van der Waals surface area (Å²) in [5.41, 5.74) is 2.84. The van der Waals surface area contributed by atoms with Crippen LogP contribution in [0.3, 0.4) is 0 Å². The van der Waals surface area contributed by atoms with E-state index >= 15 is 0 Å². The normalized spacial score (nSPS) is 14.7. The van der Waals surface area contributed by atoms with Gasteiger partial charge in [-0.2, -0.15) is 0 Å². The van der Waals surface area contributed by atoms with Gasteiger partial charge in [0, 0.05) is 12.4 Å². The van der Waals surface area contributed by atoms with Gasteiger partial charge in [0.1, 0.15) is 0 Å². The number of hydrogen-bond acceptors (Lipinski definition) is 5. The van der Waals surface area contributed by atoms with Crippen molar-refractivity contribution in [1.29, 1.82) is 0 Å². The van der Waals surface area contributed by atoms with Gasteiger partial charge in [-0.25, -0.2) is 0 Å². The summed E-state index contributed by atoms with van der Waals surface area (Å²) in [7, 11) is 0. The zero-order chi connectivity index (χ0) is 29.5. The predicted octanol–water partition coefficient (Wildman–Crippen LogP) is 6.20. The van der Waals surface area contributed by atoms with Gasteiger partial charge in [-0.1, -0.05) is 0 Å². The second-order valence-electron chi connectivity index (χ2n) is 10.4. The standard InChI is InChI=1S/C33H34AsN3O5/c1-24(38)34(26-16-20-36(21-17-26)23-25-6-2-3-7-31(25)33(40)41)22-32(39)35-27-8-12-29(13-9-27)42-30-14-10-28(11-15-30)37-18-4-5-19-37/h2-15,18-19,26H,16-17,20-23H2,1H3,(H,35,39)(H,40,41). The second-order valence-corrected chi connectivity index (χ2v) is 15.9. The first kappa shape index (κ1) is 29.4. The molecule has 1 aromatic heterocycles. The van der Waals surface area contributed by atoms with Crippen LogP contribution in [0.15, 0.2) is 97.3 Å². The Morgan fingerprint density at radius 1 is 0.881 bits per heavy atom. The molecule has 216 valence electrons. The molecule has 1 amide bonds. The quantitative estimate of drug-likeness (QED) is 0.192.